The number of halogens is 1. The topological polar surface area (TPSA) is 44.1 Å². The van der Waals surface area contributed by atoms with Crippen molar-refractivity contribution < 1.29 is 9.53 Å². The molecule has 0 bridgehead atoms. The van der Waals surface area contributed by atoms with E-state index < -0.39 is 0 Å². The summed E-state index contributed by atoms with van der Waals surface area (Å²) in [6.07, 6.45) is 0. The van der Waals surface area contributed by atoms with Gasteiger partial charge in [-0.1, -0.05) is 17.7 Å². The number of aryl methyl sites for hydroxylation is 2. The fraction of sp³-hybridized carbons (Fsp3) is 0.333. The number of ether oxygens (including phenoxy) is 1. The van der Waals surface area contributed by atoms with Crippen molar-refractivity contribution >= 4 is 17.4 Å². The summed E-state index contributed by atoms with van der Waals surface area (Å²) in [5.74, 6) is 0.534. The molecule has 0 aliphatic heterocycles. The quantitative estimate of drug-likeness (QED) is 0.812. The highest BCUT2D eigenvalue weighted by molar-refractivity contribution is 6.31. The van der Waals surface area contributed by atoms with Gasteiger partial charge in [0.15, 0.2) is 5.78 Å². The molecular formula is C15H17ClN2O2. The van der Waals surface area contributed by atoms with Gasteiger partial charge in [-0.05, 0) is 38.5 Å². The fourth-order valence-corrected chi connectivity index (χ4v) is 2.21. The van der Waals surface area contributed by atoms with Crippen LogP contribution >= 0.6 is 11.6 Å². The lowest BCUT2D eigenvalue weighted by atomic mass is 10.1. The molecule has 5 heteroatoms. The van der Waals surface area contributed by atoms with E-state index in [1.165, 1.54) is 0 Å². The zero-order chi connectivity index (χ0) is 14.9. The van der Waals surface area contributed by atoms with Crippen molar-refractivity contribution in [3.8, 4) is 5.75 Å². The van der Waals surface area contributed by atoms with Crippen LogP contribution < -0.4 is 4.74 Å². The van der Waals surface area contributed by atoms with Crippen molar-refractivity contribution in [3.05, 3.63) is 45.7 Å². The Balaban J connectivity index is 2.30. The number of ketones is 1. The van der Waals surface area contributed by atoms with Gasteiger partial charge in [0.1, 0.15) is 12.3 Å². The second-order valence-corrected chi connectivity index (χ2v) is 5.15. The molecule has 0 spiro atoms. The first-order valence-corrected chi connectivity index (χ1v) is 6.69. The molecule has 0 N–H and O–H groups in total. The van der Waals surface area contributed by atoms with Crippen molar-refractivity contribution in [3.63, 3.8) is 0 Å². The van der Waals surface area contributed by atoms with E-state index in [1.807, 2.05) is 32.9 Å². The molecule has 0 saturated carbocycles. The van der Waals surface area contributed by atoms with Crippen LogP contribution in [0, 0.1) is 20.8 Å². The highest BCUT2D eigenvalue weighted by Gasteiger charge is 2.16. The Kier molecular flexibility index (Phi) is 4.14. The summed E-state index contributed by atoms with van der Waals surface area (Å²) in [5, 5.41) is 4.88. The van der Waals surface area contributed by atoms with Gasteiger partial charge in [-0.25, -0.2) is 0 Å². The van der Waals surface area contributed by atoms with E-state index in [0.717, 1.165) is 17.0 Å². The summed E-state index contributed by atoms with van der Waals surface area (Å²) in [4.78, 5) is 12.4. The molecule has 0 aliphatic carbocycles. The number of carbonyl (C=O) groups excluding carboxylic acids is 1. The van der Waals surface area contributed by atoms with E-state index >= 15 is 0 Å². The van der Waals surface area contributed by atoms with Crippen LogP contribution in [0.15, 0.2) is 18.2 Å². The van der Waals surface area contributed by atoms with Crippen LogP contribution in [0.3, 0.4) is 0 Å². The Bertz CT molecular complexity index is 662. The van der Waals surface area contributed by atoms with E-state index in [9.17, 15) is 4.79 Å². The number of carbonyl (C=O) groups is 1. The molecule has 4 nitrogen and oxygen atoms in total. The number of nitrogens with zero attached hydrogens (tertiary/aromatic N) is 2. The normalized spacial score (nSPS) is 10.7. The van der Waals surface area contributed by atoms with Crippen LogP contribution in [0.4, 0.5) is 0 Å². The molecule has 2 aromatic rings. The maximum Gasteiger partial charge on any atom is 0.187 e. The highest BCUT2D eigenvalue weighted by Crippen LogP contribution is 2.23. The molecule has 0 fully saturated rings. The van der Waals surface area contributed by atoms with Crippen molar-refractivity contribution in [2.24, 2.45) is 0 Å². The van der Waals surface area contributed by atoms with Gasteiger partial charge in [-0.3, -0.25) is 9.48 Å². The predicted octanol–water partition coefficient (Wildman–Crippen LogP) is 3.35. The number of hydrogen-bond donors (Lipinski definition) is 0. The van der Waals surface area contributed by atoms with Gasteiger partial charge in [0.05, 0.1) is 29.1 Å². The number of aromatic nitrogens is 2. The molecule has 1 heterocycles. The van der Waals surface area contributed by atoms with E-state index in [-0.39, 0.29) is 12.3 Å². The van der Waals surface area contributed by atoms with Gasteiger partial charge >= 0.3 is 0 Å². The number of methoxy groups -OCH3 is 1. The fourth-order valence-electron chi connectivity index (χ4n) is 2.08. The van der Waals surface area contributed by atoms with Crippen LogP contribution in [-0.4, -0.2) is 22.7 Å². The molecule has 20 heavy (non-hydrogen) atoms. The summed E-state index contributed by atoms with van der Waals surface area (Å²) in [7, 11) is 1.56. The van der Waals surface area contributed by atoms with Crippen molar-refractivity contribution in [2.45, 2.75) is 27.3 Å². The molecule has 0 radical (unpaired) electrons. The highest BCUT2D eigenvalue weighted by atomic mass is 35.5. The van der Waals surface area contributed by atoms with Gasteiger partial charge in [-0.2, -0.15) is 5.10 Å². The molecule has 0 aliphatic rings. The van der Waals surface area contributed by atoms with Crippen molar-refractivity contribution in [1.82, 2.24) is 9.78 Å². The van der Waals surface area contributed by atoms with E-state index in [4.69, 9.17) is 16.3 Å². The minimum absolute atomic E-state index is 0.0517. The summed E-state index contributed by atoms with van der Waals surface area (Å²) in [6.45, 7) is 5.78. The predicted molar refractivity (Wildman–Crippen MR) is 78.8 cm³/mol. The molecule has 0 unspecified atom stereocenters. The monoisotopic (exact) mass is 292 g/mol. The molecule has 1 aromatic carbocycles. The lowest BCUT2D eigenvalue weighted by Gasteiger charge is -2.09. The van der Waals surface area contributed by atoms with E-state index in [1.54, 1.807) is 17.9 Å². The van der Waals surface area contributed by atoms with Gasteiger partial charge in [0.25, 0.3) is 0 Å². The number of benzene rings is 1. The smallest absolute Gasteiger partial charge is 0.187 e. The van der Waals surface area contributed by atoms with Gasteiger partial charge in [-0.15, -0.1) is 0 Å². The van der Waals surface area contributed by atoms with Crippen molar-refractivity contribution in [2.75, 3.05) is 7.11 Å². The lowest BCUT2D eigenvalue weighted by molar-refractivity contribution is 0.0964. The number of hydrogen-bond acceptors (Lipinski definition) is 3. The van der Waals surface area contributed by atoms with Crippen LogP contribution in [0.2, 0.25) is 5.02 Å². The van der Waals surface area contributed by atoms with Gasteiger partial charge in [0, 0.05) is 0 Å². The maximum absolute atomic E-state index is 12.4. The average Bonchev–Trinajstić information content (AvgIpc) is 2.66. The third-order valence-corrected chi connectivity index (χ3v) is 3.79. The average molecular weight is 293 g/mol. The summed E-state index contributed by atoms with van der Waals surface area (Å²) < 4.78 is 6.89. The Morgan fingerprint density at radius 2 is 2.05 bits per heavy atom. The number of Topliss-reactive ketones (excluding diaryl/α,β-unsaturated/α-hetero) is 1. The zero-order valence-electron chi connectivity index (χ0n) is 12.0. The second-order valence-electron chi connectivity index (χ2n) is 4.77. The third kappa shape index (κ3) is 2.70. The Labute approximate surface area is 123 Å². The largest absolute Gasteiger partial charge is 0.496 e. The van der Waals surface area contributed by atoms with Crippen LogP contribution in [0.5, 0.6) is 5.75 Å². The molecule has 106 valence electrons. The van der Waals surface area contributed by atoms with Crippen LogP contribution in [0.25, 0.3) is 0 Å². The third-order valence-electron chi connectivity index (χ3n) is 3.24. The minimum atomic E-state index is -0.0517. The Morgan fingerprint density at radius 3 is 2.60 bits per heavy atom. The number of rotatable bonds is 4. The summed E-state index contributed by atoms with van der Waals surface area (Å²) in [6, 6.07) is 5.52. The molecule has 0 amide bonds. The molecule has 2 rings (SSSR count). The van der Waals surface area contributed by atoms with Crippen LogP contribution in [0.1, 0.15) is 27.3 Å². The first kappa shape index (κ1) is 14.6. The van der Waals surface area contributed by atoms with E-state index in [0.29, 0.717) is 16.3 Å². The Hall–Kier alpha value is -1.81. The van der Waals surface area contributed by atoms with Gasteiger partial charge in [0.2, 0.25) is 0 Å². The van der Waals surface area contributed by atoms with Crippen molar-refractivity contribution in [1.29, 1.82) is 0 Å². The molecule has 1 aromatic heterocycles. The van der Waals surface area contributed by atoms with Crippen LogP contribution in [-0.2, 0) is 6.54 Å². The molecule has 0 saturated heterocycles. The summed E-state index contributed by atoms with van der Waals surface area (Å²) in [5.41, 5.74) is 3.13. The summed E-state index contributed by atoms with van der Waals surface area (Å²) >= 11 is 6.09. The first-order valence-electron chi connectivity index (χ1n) is 6.31. The SMILES string of the molecule is COc1cc(C)ccc1C(=O)Cn1nc(C)c(Cl)c1C. The molecule has 0 atom stereocenters. The first-order chi connectivity index (χ1) is 9.43. The standard InChI is InChI=1S/C15H17ClN2O2/c1-9-5-6-12(14(7-9)20-4)13(19)8-18-11(3)15(16)10(2)17-18/h5-7H,8H2,1-4H3. The Morgan fingerprint density at radius 1 is 1.35 bits per heavy atom. The van der Waals surface area contributed by atoms with Gasteiger partial charge < -0.3 is 4.74 Å². The molecular weight excluding hydrogens is 276 g/mol. The lowest BCUT2D eigenvalue weighted by Crippen LogP contribution is -2.14. The second kappa shape index (κ2) is 5.67. The van der Waals surface area contributed by atoms with E-state index in [2.05, 4.69) is 5.10 Å². The maximum atomic E-state index is 12.4. The zero-order valence-corrected chi connectivity index (χ0v) is 12.8. The minimum Gasteiger partial charge on any atom is -0.496 e.